The molecule has 0 N–H and O–H groups in total. The van der Waals surface area contributed by atoms with E-state index in [0.29, 0.717) is 30.0 Å². The molecule has 0 radical (unpaired) electrons. The minimum absolute atomic E-state index is 0.0174. The Hall–Kier alpha value is -3.35. The fourth-order valence-electron chi connectivity index (χ4n) is 4.36. The second kappa shape index (κ2) is 21.4. The van der Waals surface area contributed by atoms with E-state index in [1.165, 1.54) is 82.4 Å². The first kappa shape index (κ1) is 33.9. The Labute approximate surface area is 245 Å². The van der Waals surface area contributed by atoms with Crippen LogP contribution in [0.3, 0.4) is 0 Å². The third-order valence-corrected chi connectivity index (χ3v) is 6.88. The standard InChI is InChI=1S/C34H48N2O5/c1-3-5-7-9-11-12-13-14-16-18-33(38)41-32-26-24-30(23-25-31(32)37)36-35-29-21-19-28(20-22-29)34(39)40-27-17-15-10-8-6-4-2/h19-26H,3-18,27H2,1-2H3. The Morgan fingerprint density at radius 1 is 0.610 bits per heavy atom. The number of benzene rings is 1. The van der Waals surface area contributed by atoms with Crippen LogP contribution >= 0.6 is 0 Å². The highest BCUT2D eigenvalue weighted by atomic mass is 16.5. The second-order valence-electron chi connectivity index (χ2n) is 10.5. The molecule has 7 nitrogen and oxygen atoms in total. The summed E-state index contributed by atoms with van der Waals surface area (Å²) in [5.41, 5.74) is 1.06. The van der Waals surface area contributed by atoms with E-state index < -0.39 is 11.4 Å². The Balaban J connectivity index is 1.75. The van der Waals surface area contributed by atoms with E-state index >= 15 is 0 Å². The van der Waals surface area contributed by atoms with Crippen LogP contribution < -0.4 is 10.2 Å². The molecule has 0 aromatic heterocycles. The molecule has 41 heavy (non-hydrogen) atoms. The molecular formula is C34H48N2O5. The Kier molecular flexibility index (Phi) is 17.7. The number of azo groups is 1. The van der Waals surface area contributed by atoms with Gasteiger partial charge in [0, 0.05) is 6.42 Å². The van der Waals surface area contributed by atoms with Crippen LogP contribution in [-0.2, 0) is 9.53 Å². The van der Waals surface area contributed by atoms with Crippen molar-refractivity contribution in [2.75, 3.05) is 6.61 Å². The summed E-state index contributed by atoms with van der Waals surface area (Å²) in [7, 11) is 0. The van der Waals surface area contributed by atoms with Crippen LogP contribution in [0.5, 0.6) is 5.75 Å². The maximum Gasteiger partial charge on any atom is 0.338 e. The molecule has 2 rings (SSSR count). The lowest BCUT2D eigenvalue weighted by molar-refractivity contribution is -0.134. The number of hydrogen-bond acceptors (Lipinski definition) is 7. The zero-order valence-corrected chi connectivity index (χ0v) is 25.1. The molecule has 0 atom stereocenters. The average molecular weight is 565 g/mol. The molecule has 0 spiro atoms. The van der Waals surface area contributed by atoms with Crippen molar-refractivity contribution in [1.82, 2.24) is 0 Å². The van der Waals surface area contributed by atoms with Crippen molar-refractivity contribution in [1.29, 1.82) is 0 Å². The van der Waals surface area contributed by atoms with Crippen molar-refractivity contribution >= 4 is 23.3 Å². The third kappa shape index (κ3) is 15.3. The predicted molar refractivity (Wildman–Crippen MR) is 164 cm³/mol. The lowest BCUT2D eigenvalue weighted by atomic mass is 10.1. The van der Waals surface area contributed by atoms with E-state index in [-0.39, 0.29) is 11.7 Å². The van der Waals surface area contributed by atoms with Crippen molar-refractivity contribution < 1.29 is 19.1 Å². The number of carbonyl (C=O) groups is 2. The molecule has 0 aliphatic heterocycles. The topological polar surface area (TPSA) is 94.4 Å². The number of ether oxygens (including phenoxy) is 2. The highest BCUT2D eigenvalue weighted by Crippen LogP contribution is 2.20. The van der Waals surface area contributed by atoms with Gasteiger partial charge in [-0.25, -0.2) is 4.79 Å². The molecule has 0 aliphatic carbocycles. The summed E-state index contributed by atoms with van der Waals surface area (Å²) >= 11 is 0. The number of nitrogens with zero attached hydrogens (tertiary/aromatic N) is 2. The summed E-state index contributed by atoms with van der Waals surface area (Å²) in [4.78, 5) is 36.8. The van der Waals surface area contributed by atoms with Gasteiger partial charge in [-0.05, 0) is 61.4 Å². The molecule has 224 valence electrons. The van der Waals surface area contributed by atoms with E-state index in [1.54, 1.807) is 30.3 Å². The SMILES string of the molecule is CCCCCCCCCCCC(=O)Oc1ccc(N=Nc2ccc(C(=O)OCCCCCCCC)cc2)ccc1=O. The van der Waals surface area contributed by atoms with Crippen molar-refractivity contribution in [2.24, 2.45) is 10.2 Å². The molecule has 0 saturated carbocycles. The first-order valence-electron chi connectivity index (χ1n) is 15.6. The highest BCUT2D eigenvalue weighted by Gasteiger charge is 2.08. The van der Waals surface area contributed by atoms with Crippen molar-refractivity contribution in [3.05, 3.63) is 64.3 Å². The van der Waals surface area contributed by atoms with Crippen LogP contribution in [-0.4, -0.2) is 18.5 Å². The van der Waals surface area contributed by atoms with Gasteiger partial charge >= 0.3 is 11.9 Å². The quantitative estimate of drug-likeness (QED) is 0.0854. The fourth-order valence-corrected chi connectivity index (χ4v) is 4.36. The smallest absolute Gasteiger partial charge is 0.338 e. The van der Waals surface area contributed by atoms with E-state index in [2.05, 4.69) is 24.1 Å². The van der Waals surface area contributed by atoms with Gasteiger partial charge in [0.15, 0.2) is 5.75 Å². The maximum atomic E-state index is 12.4. The monoisotopic (exact) mass is 564 g/mol. The number of esters is 2. The number of unbranched alkanes of at least 4 members (excludes halogenated alkanes) is 13. The van der Waals surface area contributed by atoms with Gasteiger partial charge in [-0.1, -0.05) is 97.3 Å². The Morgan fingerprint density at radius 2 is 1.10 bits per heavy atom. The van der Waals surface area contributed by atoms with E-state index in [1.807, 2.05) is 0 Å². The lowest BCUT2D eigenvalue weighted by Crippen LogP contribution is -2.12. The van der Waals surface area contributed by atoms with Gasteiger partial charge in [0.25, 0.3) is 0 Å². The second-order valence-corrected chi connectivity index (χ2v) is 10.5. The minimum atomic E-state index is -0.398. The molecule has 0 saturated heterocycles. The minimum Gasteiger partial charge on any atom is -0.462 e. The normalized spacial score (nSPS) is 11.1. The number of carbonyl (C=O) groups excluding carboxylic acids is 2. The van der Waals surface area contributed by atoms with Crippen LogP contribution in [0.2, 0.25) is 0 Å². The zero-order valence-electron chi connectivity index (χ0n) is 25.1. The van der Waals surface area contributed by atoms with Gasteiger partial charge in [0.1, 0.15) is 0 Å². The Bertz CT molecular complexity index is 1110. The molecule has 0 heterocycles. The first-order valence-corrected chi connectivity index (χ1v) is 15.6. The Morgan fingerprint density at radius 3 is 1.68 bits per heavy atom. The summed E-state index contributed by atoms with van der Waals surface area (Å²) < 4.78 is 10.7. The summed E-state index contributed by atoms with van der Waals surface area (Å²) in [6.45, 7) is 4.83. The molecule has 2 aromatic carbocycles. The summed E-state index contributed by atoms with van der Waals surface area (Å²) in [6.07, 6.45) is 17.6. The van der Waals surface area contributed by atoms with Crippen LogP contribution in [0.15, 0.2) is 63.6 Å². The first-order chi connectivity index (χ1) is 20.0. The molecular weight excluding hydrogens is 516 g/mol. The zero-order chi connectivity index (χ0) is 29.5. The molecule has 0 fully saturated rings. The van der Waals surface area contributed by atoms with Crippen LogP contribution in [0, 0.1) is 0 Å². The summed E-state index contributed by atoms with van der Waals surface area (Å²) in [5, 5.41) is 8.36. The lowest BCUT2D eigenvalue weighted by Gasteiger charge is -2.05. The number of rotatable bonds is 21. The summed E-state index contributed by atoms with van der Waals surface area (Å²) in [5.74, 6) is -0.763. The largest absolute Gasteiger partial charge is 0.462 e. The third-order valence-electron chi connectivity index (χ3n) is 6.88. The van der Waals surface area contributed by atoms with Gasteiger partial charge in [0.2, 0.25) is 5.43 Å². The van der Waals surface area contributed by atoms with Gasteiger partial charge in [0.05, 0.1) is 23.5 Å². The van der Waals surface area contributed by atoms with Crippen molar-refractivity contribution in [2.45, 2.75) is 117 Å². The maximum absolute atomic E-state index is 12.4. The molecule has 7 heteroatoms. The molecule has 0 amide bonds. The molecule has 0 unspecified atom stereocenters. The average Bonchev–Trinajstić information content (AvgIpc) is 3.15. The van der Waals surface area contributed by atoms with Crippen molar-refractivity contribution in [3.8, 4) is 5.75 Å². The van der Waals surface area contributed by atoms with Crippen LogP contribution in [0.1, 0.15) is 127 Å². The molecule has 0 aliphatic rings. The molecule has 0 bridgehead atoms. The van der Waals surface area contributed by atoms with Crippen molar-refractivity contribution in [3.63, 3.8) is 0 Å². The van der Waals surface area contributed by atoms with Crippen LogP contribution in [0.25, 0.3) is 0 Å². The van der Waals surface area contributed by atoms with Crippen LogP contribution in [0.4, 0.5) is 11.4 Å². The predicted octanol–water partition coefficient (Wildman–Crippen LogP) is 9.81. The van der Waals surface area contributed by atoms with E-state index in [4.69, 9.17) is 9.47 Å². The number of hydrogen-bond donors (Lipinski definition) is 0. The van der Waals surface area contributed by atoms with Gasteiger partial charge < -0.3 is 9.47 Å². The van der Waals surface area contributed by atoms with Gasteiger partial charge in [-0.15, -0.1) is 0 Å². The van der Waals surface area contributed by atoms with E-state index in [0.717, 1.165) is 32.1 Å². The van der Waals surface area contributed by atoms with Gasteiger partial charge in [-0.3, -0.25) is 9.59 Å². The van der Waals surface area contributed by atoms with E-state index in [9.17, 15) is 14.4 Å². The summed E-state index contributed by atoms with van der Waals surface area (Å²) in [6, 6.07) is 12.6. The fraction of sp³-hybridized carbons (Fsp3) is 0.559. The molecule has 2 aromatic rings. The highest BCUT2D eigenvalue weighted by molar-refractivity contribution is 5.89. The van der Waals surface area contributed by atoms with Gasteiger partial charge in [-0.2, -0.15) is 10.2 Å².